The van der Waals surface area contributed by atoms with Crippen LogP contribution in [0.15, 0.2) is 61.7 Å². The van der Waals surface area contributed by atoms with Crippen LogP contribution in [0.25, 0.3) is 0 Å². The zero-order valence-corrected chi connectivity index (χ0v) is 22.6. The number of rotatable bonds is 11. The third kappa shape index (κ3) is 6.78. The van der Waals surface area contributed by atoms with Crippen LogP contribution in [0.4, 0.5) is 5.69 Å². The van der Waals surface area contributed by atoms with Crippen LogP contribution in [0, 0.1) is 0 Å². The van der Waals surface area contributed by atoms with Gasteiger partial charge in [-0.05, 0) is 69.4 Å². The molecule has 6 heteroatoms. The van der Waals surface area contributed by atoms with Gasteiger partial charge in [-0.2, -0.15) is 0 Å². The van der Waals surface area contributed by atoms with Crippen molar-refractivity contribution in [3.05, 3.63) is 67.3 Å². The lowest BCUT2D eigenvalue weighted by molar-refractivity contribution is 0.104. The van der Waals surface area contributed by atoms with E-state index in [4.69, 9.17) is 0 Å². The molecule has 198 valence electrons. The molecule has 0 bridgehead atoms. The maximum atomic E-state index is 4.40. The smallest absolute Gasteiger partial charge is 0.0941 e. The molecule has 0 unspecified atom stereocenters. The molecule has 3 aliphatic heterocycles. The van der Waals surface area contributed by atoms with Crippen molar-refractivity contribution in [1.82, 2.24) is 24.9 Å². The third-order valence-electron chi connectivity index (χ3n) is 8.50. The molecule has 0 amide bonds. The second-order valence-corrected chi connectivity index (χ2v) is 10.7. The van der Waals surface area contributed by atoms with Gasteiger partial charge >= 0.3 is 0 Å². The van der Waals surface area contributed by atoms with Gasteiger partial charge in [0.1, 0.15) is 0 Å². The molecular formula is C30H48N6. The number of likely N-dealkylation sites (tertiary alicyclic amines) is 3. The average molecular weight is 493 g/mol. The quantitative estimate of drug-likeness (QED) is 0.468. The Morgan fingerprint density at radius 2 is 1.61 bits per heavy atom. The van der Waals surface area contributed by atoms with Gasteiger partial charge in [0.2, 0.25) is 0 Å². The minimum Gasteiger partial charge on any atom is -0.388 e. The number of piperidine rings is 3. The molecule has 0 aromatic heterocycles. The molecule has 0 spiro atoms. The Labute approximate surface area is 219 Å². The Morgan fingerprint density at radius 3 is 2.28 bits per heavy atom. The molecule has 0 aliphatic carbocycles. The molecule has 36 heavy (non-hydrogen) atoms. The van der Waals surface area contributed by atoms with Gasteiger partial charge in [0.15, 0.2) is 0 Å². The lowest BCUT2D eigenvalue weighted by Crippen LogP contribution is -2.47. The average Bonchev–Trinajstić information content (AvgIpc) is 2.95. The van der Waals surface area contributed by atoms with E-state index in [9.17, 15) is 0 Å². The summed E-state index contributed by atoms with van der Waals surface area (Å²) in [5, 5.41) is 6.89. The monoisotopic (exact) mass is 492 g/mol. The Kier molecular flexibility index (Phi) is 9.62. The van der Waals surface area contributed by atoms with Gasteiger partial charge in [-0.25, -0.2) is 0 Å². The highest BCUT2D eigenvalue weighted by atomic mass is 15.3. The van der Waals surface area contributed by atoms with E-state index in [0.717, 1.165) is 64.0 Å². The molecule has 0 radical (unpaired) electrons. The number of nitrogens with one attached hydrogen (secondary N) is 2. The standard InChI is InChI=1S/C30H48N6/c1-5-33(24-27-11-7-8-12-30(27)31-4)28-15-21-35(22-16-28)26(3)32-23-25(2)34-19-13-29(14-20-34)36-17-9-6-10-18-36/h5,7-8,11-12,28-29,31-32H,1-3,6,9-10,13-24H2,4H3. The topological polar surface area (TPSA) is 37.0 Å². The summed E-state index contributed by atoms with van der Waals surface area (Å²) in [5.41, 5.74) is 3.70. The molecule has 6 nitrogen and oxygen atoms in total. The minimum atomic E-state index is 0.507. The van der Waals surface area contributed by atoms with E-state index < -0.39 is 0 Å². The van der Waals surface area contributed by atoms with E-state index in [1.807, 2.05) is 13.2 Å². The molecule has 3 aliphatic rings. The highest BCUT2D eigenvalue weighted by molar-refractivity contribution is 5.50. The van der Waals surface area contributed by atoms with E-state index >= 15 is 0 Å². The first-order chi connectivity index (χ1) is 17.6. The number of anilines is 1. The summed E-state index contributed by atoms with van der Waals surface area (Å²) in [7, 11) is 1.99. The first-order valence-corrected chi connectivity index (χ1v) is 14.1. The number of hydrogen-bond acceptors (Lipinski definition) is 6. The lowest BCUT2D eigenvalue weighted by Gasteiger charge is -2.42. The van der Waals surface area contributed by atoms with E-state index in [0.29, 0.717) is 6.04 Å². The van der Waals surface area contributed by atoms with Gasteiger partial charge in [0.05, 0.1) is 12.4 Å². The van der Waals surface area contributed by atoms with Gasteiger partial charge < -0.3 is 30.2 Å². The number of hydrogen-bond donors (Lipinski definition) is 2. The van der Waals surface area contributed by atoms with Crippen molar-refractivity contribution < 1.29 is 0 Å². The zero-order chi connectivity index (χ0) is 25.3. The molecule has 1 aromatic rings. The summed E-state index contributed by atoms with van der Waals surface area (Å²) in [5.74, 6) is 1.03. The van der Waals surface area contributed by atoms with Crippen LogP contribution in [-0.4, -0.2) is 84.5 Å². The van der Waals surface area contributed by atoms with Crippen LogP contribution in [0.3, 0.4) is 0 Å². The van der Waals surface area contributed by atoms with Crippen molar-refractivity contribution in [2.45, 2.75) is 63.6 Å². The van der Waals surface area contributed by atoms with Gasteiger partial charge in [-0.1, -0.05) is 44.4 Å². The third-order valence-corrected chi connectivity index (χ3v) is 8.50. The van der Waals surface area contributed by atoms with Crippen LogP contribution in [-0.2, 0) is 6.54 Å². The first-order valence-electron chi connectivity index (χ1n) is 14.1. The molecule has 1 aromatic carbocycles. The van der Waals surface area contributed by atoms with Gasteiger partial charge in [-0.15, -0.1) is 0 Å². The Morgan fingerprint density at radius 1 is 0.944 bits per heavy atom. The highest BCUT2D eigenvalue weighted by Gasteiger charge is 2.27. The van der Waals surface area contributed by atoms with Crippen molar-refractivity contribution in [3.63, 3.8) is 0 Å². The fraction of sp³-hybridized carbons (Fsp3) is 0.600. The maximum Gasteiger partial charge on any atom is 0.0941 e. The second kappa shape index (κ2) is 13.1. The van der Waals surface area contributed by atoms with Crippen molar-refractivity contribution >= 4 is 5.69 Å². The normalized spacial score (nSPS) is 20.1. The molecule has 0 saturated carbocycles. The molecule has 2 N–H and O–H groups in total. The fourth-order valence-corrected chi connectivity index (χ4v) is 6.17. The molecule has 3 fully saturated rings. The molecule has 3 heterocycles. The van der Waals surface area contributed by atoms with Crippen LogP contribution in [0.1, 0.15) is 50.5 Å². The van der Waals surface area contributed by atoms with Crippen LogP contribution >= 0.6 is 0 Å². The summed E-state index contributed by atoms with van der Waals surface area (Å²) in [6.45, 7) is 21.4. The van der Waals surface area contributed by atoms with Crippen molar-refractivity contribution in [2.75, 3.05) is 58.2 Å². The number of benzene rings is 1. The molecule has 0 atom stereocenters. The zero-order valence-electron chi connectivity index (χ0n) is 22.6. The van der Waals surface area contributed by atoms with Gasteiger partial charge in [0.25, 0.3) is 0 Å². The molecule has 3 saturated heterocycles. The van der Waals surface area contributed by atoms with Gasteiger partial charge in [0, 0.05) is 63.2 Å². The van der Waals surface area contributed by atoms with Crippen LogP contribution in [0.5, 0.6) is 0 Å². The summed E-state index contributed by atoms with van der Waals surface area (Å²) in [6.07, 6.45) is 10.9. The lowest BCUT2D eigenvalue weighted by atomic mass is 9.99. The molecular weight excluding hydrogens is 444 g/mol. The highest BCUT2D eigenvalue weighted by Crippen LogP contribution is 2.25. The summed E-state index contributed by atoms with van der Waals surface area (Å²) in [4.78, 5) is 10.0. The van der Waals surface area contributed by atoms with E-state index in [2.05, 4.69) is 74.2 Å². The Bertz CT molecular complexity index is 860. The maximum absolute atomic E-state index is 4.40. The minimum absolute atomic E-state index is 0.507. The molecule has 4 rings (SSSR count). The Hall–Kier alpha value is -2.60. The summed E-state index contributed by atoms with van der Waals surface area (Å²) >= 11 is 0. The Balaban J connectivity index is 1.17. The SMILES string of the molecule is C=CN(Cc1ccccc1NC)C1CCN(C(=C)NCC(=C)N2CCC(N3CCCCC3)CC2)CC1. The van der Waals surface area contributed by atoms with Crippen LogP contribution in [0.2, 0.25) is 0 Å². The summed E-state index contributed by atoms with van der Waals surface area (Å²) < 4.78 is 0. The number of para-hydroxylation sites is 1. The predicted octanol–water partition coefficient (Wildman–Crippen LogP) is 4.66. The first kappa shape index (κ1) is 26.5. The summed E-state index contributed by atoms with van der Waals surface area (Å²) in [6, 6.07) is 9.82. The predicted molar refractivity (Wildman–Crippen MR) is 153 cm³/mol. The largest absolute Gasteiger partial charge is 0.388 e. The fourth-order valence-electron chi connectivity index (χ4n) is 6.17. The van der Waals surface area contributed by atoms with Gasteiger partial charge in [-0.3, -0.25) is 0 Å². The van der Waals surface area contributed by atoms with Crippen LogP contribution < -0.4 is 10.6 Å². The number of nitrogens with zero attached hydrogens (tertiary/aromatic N) is 4. The van der Waals surface area contributed by atoms with E-state index in [1.54, 1.807) is 0 Å². The van der Waals surface area contributed by atoms with Crippen molar-refractivity contribution in [3.8, 4) is 0 Å². The van der Waals surface area contributed by atoms with E-state index in [-0.39, 0.29) is 0 Å². The van der Waals surface area contributed by atoms with Crippen molar-refractivity contribution in [2.24, 2.45) is 0 Å². The van der Waals surface area contributed by atoms with Crippen molar-refractivity contribution in [1.29, 1.82) is 0 Å². The van der Waals surface area contributed by atoms with E-state index in [1.165, 1.54) is 62.1 Å². The second-order valence-electron chi connectivity index (χ2n) is 10.7.